The number of aryl methyl sites for hydroxylation is 1. The Morgan fingerprint density at radius 1 is 1.00 bits per heavy atom. The van der Waals surface area contributed by atoms with Crippen LogP contribution in [0.5, 0.6) is 5.75 Å². The number of ether oxygens (including phenoxy) is 1. The third-order valence-electron chi connectivity index (χ3n) is 7.43. The average molecular weight is 550 g/mol. The maximum absolute atomic E-state index is 15.1. The molecule has 1 N–H and O–H groups in total. The zero-order valence-electron chi connectivity index (χ0n) is 23.8. The summed E-state index contributed by atoms with van der Waals surface area (Å²) in [5, 5.41) is 8.14. The van der Waals surface area contributed by atoms with E-state index in [9.17, 15) is 4.39 Å². The third kappa shape index (κ3) is 5.78. The van der Waals surface area contributed by atoms with Crippen molar-refractivity contribution in [2.45, 2.75) is 40.2 Å². The van der Waals surface area contributed by atoms with Crippen LogP contribution < -0.4 is 10.1 Å². The predicted molar refractivity (Wildman–Crippen MR) is 154 cm³/mol. The lowest BCUT2D eigenvalue weighted by Crippen LogP contribution is -2.45. The molecule has 1 saturated heterocycles. The molecule has 1 fully saturated rings. The van der Waals surface area contributed by atoms with Gasteiger partial charge < -0.3 is 15.0 Å². The van der Waals surface area contributed by atoms with Crippen LogP contribution in [0.1, 0.15) is 44.9 Å². The number of anilines is 2. The van der Waals surface area contributed by atoms with Gasteiger partial charge in [0.05, 0.1) is 12.8 Å². The van der Waals surface area contributed by atoms with Crippen LogP contribution in [0.15, 0.2) is 36.5 Å². The number of fused-ring (bicyclic) bond motifs is 1. The lowest BCUT2D eigenvalue weighted by Gasteiger charge is -2.34. The first-order valence-corrected chi connectivity index (χ1v) is 13.9. The fourth-order valence-corrected chi connectivity index (χ4v) is 5.41. The first kappa shape index (κ1) is 27.9. The highest BCUT2D eigenvalue weighted by atomic mass is 19.1. The van der Waals surface area contributed by atoms with Gasteiger partial charge >= 0.3 is 0 Å². The molecule has 1 aliphatic rings. The minimum atomic E-state index is -0.632. The molecular weight excluding hydrogens is 512 g/mol. The van der Waals surface area contributed by atoms with Gasteiger partial charge in [-0.15, -0.1) is 0 Å². The molecule has 8 nitrogen and oxygen atoms in total. The van der Waals surface area contributed by atoms with Gasteiger partial charge in [0.1, 0.15) is 17.0 Å². The molecule has 0 spiro atoms. The smallest absolute Gasteiger partial charge is 0.227 e. The van der Waals surface area contributed by atoms with Crippen molar-refractivity contribution in [2.24, 2.45) is 7.05 Å². The van der Waals surface area contributed by atoms with Crippen LogP contribution in [0.2, 0.25) is 0 Å². The fourth-order valence-electron chi connectivity index (χ4n) is 5.41. The van der Waals surface area contributed by atoms with E-state index < -0.39 is 11.6 Å². The summed E-state index contributed by atoms with van der Waals surface area (Å²) in [5.41, 5.74) is 3.31. The van der Waals surface area contributed by atoms with Gasteiger partial charge in [0.15, 0.2) is 11.6 Å². The first-order chi connectivity index (χ1) is 19.3. The van der Waals surface area contributed by atoms with E-state index in [2.05, 4.69) is 37.1 Å². The predicted octanol–water partition coefficient (Wildman–Crippen LogP) is 5.71. The number of hydrogen-bond donors (Lipinski definition) is 1. The van der Waals surface area contributed by atoms with E-state index in [1.54, 1.807) is 17.8 Å². The summed E-state index contributed by atoms with van der Waals surface area (Å²) in [6.45, 7) is 14.8. The summed E-state index contributed by atoms with van der Waals surface area (Å²) >= 11 is 0. The number of benzene rings is 2. The minimum absolute atomic E-state index is 0.0183. The van der Waals surface area contributed by atoms with E-state index in [1.165, 1.54) is 6.07 Å². The molecule has 0 amide bonds. The molecule has 2 aromatic heterocycles. The lowest BCUT2D eigenvalue weighted by atomic mass is 10.0. The molecule has 0 saturated carbocycles. The average Bonchev–Trinajstić information content (AvgIpc) is 3.28. The van der Waals surface area contributed by atoms with Crippen LogP contribution in [0.3, 0.4) is 0 Å². The maximum atomic E-state index is 15.1. The maximum Gasteiger partial charge on any atom is 0.227 e. The van der Waals surface area contributed by atoms with E-state index >= 15 is 4.39 Å². The van der Waals surface area contributed by atoms with Crippen molar-refractivity contribution in [2.75, 3.05) is 44.6 Å². The molecule has 0 bridgehead atoms. The molecule has 3 heterocycles. The summed E-state index contributed by atoms with van der Waals surface area (Å²) in [6, 6.07) is 8.94. The van der Waals surface area contributed by atoms with Crippen molar-refractivity contribution in [3.8, 4) is 17.0 Å². The molecule has 10 heteroatoms. The Labute approximate surface area is 234 Å². The number of aromatic nitrogens is 4. The van der Waals surface area contributed by atoms with Gasteiger partial charge in [0.2, 0.25) is 5.95 Å². The van der Waals surface area contributed by atoms with Crippen molar-refractivity contribution in [1.82, 2.24) is 29.5 Å². The van der Waals surface area contributed by atoms with Crippen LogP contribution in [0.4, 0.5) is 20.4 Å². The van der Waals surface area contributed by atoms with E-state index in [0.717, 1.165) is 68.2 Å². The summed E-state index contributed by atoms with van der Waals surface area (Å²) in [4.78, 5) is 13.5. The molecule has 2 aromatic carbocycles. The molecule has 4 aromatic rings. The monoisotopic (exact) mass is 549 g/mol. The second-order valence-corrected chi connectivity index (χ2v) is 10.5. The van der Waals surface area contributed by atoms with E-state index in [1.807, 2.05) is 39.0 Å². The zero-order chi connectivity index (χ0) is 28.4. The fraction of sp³-hybridized carbons (Fsp3) is 0.433. The Morgan fingerprint density at radius 2 is 1.75 bits per heavy atom. The Balaban J connectivity index is 1.41. The number of hydrogen-bond acceptors (Lipinski definition) is 7. The standard InChI is InChI=1S/C30H37F2N7O/c1-6-38-10-12-39(13-11-38)18-20-8-9-22(16-26(20)40-7-2)34-30-33-17-25(32)27(35-30)21-14-23-28(24(31)15-21)36-37(5)29(23)19(3)4/h8-9,14-17,19H,6-7,10-13,18H2,1-5H3,(H,33,34,35). The first-order valence-electron chi connectivity index (χ1n) is 13.9. The van der Waals surface area contributed by atoms with Crippen LogP contribution in [-0.4, -0.2) is 68.9 Å². The van der Waals surface area contributed by atoms with Gasteiger partial charge in [-0.3, -0.25) is 9.58 Å². The molecule has 5 rings (SSSR count). The highest BCUT2D eigenvalue weighted by molar-refractivity contribution is 5.87. The molecule has 0 unspecified atom stereocenters. The van der Waals surface area contributed by atoms with Gasteiger partial charge in [0, 0.05) is 73.7 Å². The molecule has 0 atom stereocenters. The Bertz CT molecular complexity index is 1500. The number of piperazine rings is 1. The SMILES string of the molecule is CCOc1cc(Nc2ncc(F)c(-c3cc(F)c4nn(C)c(C(C)C)c4c3)n2)ccc1CN1CCN(CC)CC1. The van der Waals surface area contributed by atoms with Gasteiger partial charge in [-0.1, -0.05) is 26.8 Å². The van der Waals surface area contributed by atoms with Crippen molar-refractivity contribution in [1.29, 1.82) is 0 Å². The second-order valence-electron chi connectivity index (χ2n) is 10.5. The molecule has 40 heavy (non-hydrogen) atoms. The van der Waals surface area contributed by atoms with Crippen molar-refractivity contribution in [3.05, 3.63) is 59.4 Å². The van der Waals surface area contributed by atoms with E-state index in [0.29, 0.717) is 17.6 Å². The Kier molecular flexibility index (Phi) is 8.27. The third-order valence-corrected chi connectivity index (χ3v) is 7.43. The molecule has 0 radical (unpaired) electrons. The van der Waals surface area contributed by atoms with Gasteiger partial charge in [-0.25, -0.2) is 18.7 Å². The lowest BCUT2D eigenvalue weighted by molar-refractivity contribution is 0.131. The number of nitrogens with zero attached hydrogens (tertiary/aromatic N) is 6. The van der Waals surface area contributed by atoms with E-state index in [-0.39, 0.29) is 23.1 Å². The Morgan fingerprint density at radius 3 is 2.45 bits per heavy atom. The van der Waals surface area contributed by atoms with Crippen LogP contribution in [0.25, 0.3) is 22.2 Å². The molecule has 212 valence electrons. The number of likely N-dealkylation sites (N-methyl/N-ethyl adjacent to an activating group) is 1. The Hall–Kier alpha value is -3.63. The van der Waals surface area contributed by atoms with Gasteiger partial charge in [-0.05, 0) is 37.6 Å². The largest absolute Gasteiger partial charge is 0.493 e. The number of rotatable bonds is 9. The number of halogens is 2. The van der Waals surface area contributed by atoms with Crippen molar-refractivity contribution >= 4 is 22.5 Å². The minimum Gasteiger partial charge on any atom is -0.493 e. The summed E-state index contributed by atoms with van der Waals surface area (Å²) < 4.78 is 37.7. The zero-order valence-corrected chi connectivity index (χ0v) is 23.8. The van der Waals surface area contributed by atoms with Crippen LogP contribution in [-0.2, 0) is 13.6 Å². The van der Waals surface area contributed by atoms with Crippen LogP contribution >= 0.6 is 0 Å². The molecule has 0 aliphatic carbocycles. The van der Waals surface area contributed by atoms with Gasteiger partial charge in [-0.2, -0.15) is 5.10 Å². The van der Waals surface area contributed by atoms with E-state index in [4.69, 9.17) is 4.74 Å². The quantitative estimate of drug-likeness (QED) is 0.287. The summed E-state index contributed by atoms with van der Waals surface area (Å²) in [7, 11) is 1.79. The summed E-state index contributed by atoms with van der Waals surface area (Å²) in [5.74, 6) is -0.0416. The second kappa shape index (κ2) is 11.9. The number of nitrogens with one attached hydrogen (secondary N) is 1. The van der Waals surface area contributed by atoms with Gasteiger partial charge in [0.25, 0.3) is 0 Å². The molecule has 1 aliphatic heterocycles. The highest BCUT2D eigenvalue weighted by Gasteiger charge is 2.20. The molecular formula is C30H37F2N7O. The van der Waals surface area contributed by atoms with Crippen LogP contribution in [0, 0.1) is 11.6 Å². The topological polar surface area (TPSA) is 71.3 Å². The van der Waals surface area contributed by atoms with Crippen molar-refractivity contribution < 1.29 is 13.5 Å². The highest BCUT2D eigenvalue weighted by Crippen LogP contribution is 2.33. The normalized spacial score (nSPS) is 14.8. The van der Waals surface area contributed by atoms with Crippen molar-refractivity contribution in [3.63, 3.8) is 0 Å². The summed E-state index contributed by atoms with van der Waals surface area (Å²) in [6.07, 6.45) is 1.10.